The molecule has 11 heteroatoms. The van der Waals surface area contributed by atoms with Crippen LogP contribution in [0.25, 0.3) is 11.4 Å². The van der Waals surface area contributed by atoms with Crippen LogP contribution in [0.3, 0.4) is 0 Å². The van der Waals surface area contributed by atoms with Gasteiger partial charge in [0.1, 0.15) is 22.7 Å². The highest BCUT2D eigenvalue weighted by atomic mass is 35.5. The van der Waals surface area contributed by atoms with E-state index in [1.165, 1.54) is 4.80 Å². The van der Waals surface area contributed by atoms with Crippen molar-refractivity contribution in [1.29, 1.82) is 0 Å². The molecular weight excluding hydrogens is 498 g/mol. The summed E-state index contributed by atoms with van der Waals surface area (Å²) in [5.41, 5.74) is -0.676. The van der Waals surface area contributed by atoms with Crippen LogP contribution in [0.1, 0.15) is 48.0 Å². The smallest absolute Gasteiger partial charge is 0.407 e. The summed E-state index contributed by atoms with van der Waals surface area (Å²) in [5, 5.41) is 16.0. The summed E-state index contributed by atoms with van der Waals surface area (Å²) in [4.78, 5) is 26.2. The lowest BCUT2D eigenvalue weighted by Crippen LogP contribution is -2.43. The minimum Gasteiger partial charge on any atom is -0.460 e. The van der Waals surface area contributed by atoms with Gasteiger partial charge in [-0.05, 0) is 83.2 Å². The second-order valence-electron chi connectivity index (χ2n) is 10.4. The van der Waals surface area contributed by atoms with Gasteiger partial charge in [-0.3, -0.25) is 4.79 Å². The number of carbonyl (C=O) groups excluding carboxylic acids is 2. The van der Waals surface area contributed by atoms with Crippen LogP contribution in [0, 0.1) is 0 Å². The fourth-order valence-corrected chi connectivity index (χ4v) is 3.32. The number of alkyl carbamates (subject to hydrolysis) is 1. The van der Waals surface area contributed by atoms with Crippen molar-refractivity contribution in [3.8, 4) is 22.9 Å². The molecule has 1 aromatic heterocycles. The summed E-state index contributed by atoms with van der Waals surface area (Å²) in [6.45, 7) is 10.7. The van der Waals surface area contributed by atoms with E-state index in [1.54, 1.807) is 71.9 Å². The van der Waals surface area contributed by atoms with Crippen LogP contribution in [0.2, 0.25) is 5.02 Å². The molecule has 0 fully saturated rings. The summed E-state index contributed by atoms with van der Waals surface area (Å²) in [7, 11) is 0. The topological polar surface area (TPSA) is 117 Å². The van der Waals surface area contributed by atoms with E-state index in [0.717, 1.165) is 0 Å². The second-order valence-corrected chi connectivity index (χ2v) is 10.8. The average Bonchev–Trinajstić information content (AvgIpc) is 3.21. The first-order chi connectivity index (χ1) is 17.3. The van der Waals surface area contributed by atoms with Gasteiger partial charge in [0.25, 0.3) is 0 Å². The van der Waals surface area contributed by atoms with Gasteiger partial charge in [-0.15, -0.1) is 10.2 Å². The molecule has 0 saturated carbocycles. The van der Waals surface area contributed by atoms with Crippen molar-refractivity contribution in [3.05, 3.63) is 53.6 Å². The minimum absolute atomic E-state index is 0.0758. The number of carbonyl (C=O) groups is 2. The zero-order valence-electron chi connectivity index (χ0n) is 21.8. The number of nitrogens with zero attached hydrogens (tertiary/aromatic N) is 4. The lowest BCUT2D eigenvalue weighted by molar-refractivity contribution is -0.155. The van der Waals surface area contributed by atoms with Crippen molar-refractivity contribution < 1.29 is 23.8 Å². The number of halogens is 1. The number of aromatic nitrogens is 4. The Bertz CT molecular complexity index is 1190. The first-order valence-electron chi connectivity index (χ1n) is 11.8. The highest BCUT2D eigenvalue weighted by molar-refractivity contribution is 6.30. The highest BCUT2D eigenvalue weighted by Gasteiger charge is 2.25. The fraction of sp³-hybridized carbons (Fsp3) is 0.423. The lowest BCUT2D eigenvalue weighted by atomic mass is 10.1. The predicted molar refractivity (Wildman–Crippen MR) is 138 cm³/mol. The summed E-state index contributed by atoms with van der Waals surface area (Å²) < 4.78 is 16.6. The third-order valence-electron chi connectivity index (χ3n) is 4.53. The van der Waals surface area contributed by atoms with Crippen molar-refractivity contribution in [2.75, 3.05) is 0 Å². The number of nitrogens with one attached hydrogen (secondary N) is 1. The Morgan fingerprint density at radius 1 is 0.973 bits per heavy atom. The molecular formula is C26H32ClN5O5. The quantitative estimate of drug-likeness (QED) is 0.385. The molecule has 1 amide bonds. The van der Waals surface area contributed by atoms with E-state index in [2.05, 4.69) is 20.7 Å². The van der Waals surface area contributed by atoms with Gasteiger partial charge in [-0.25, -0.2) is 4.79 Å². The summed E-state index contributed by atoms with van der Waals surface area (Å²) >= 11 is 5.93. The number of esters is 1. The van der Waals surface area contributed by atoms with Crippen molar-refractivity contribution in [2.45, 2.75) is 71.8 Å². The predicted octanol–water partition coefficient (Wildman–Crippen LogP) is 5.41. The third-order valence-corrected chi connectivity index (χ3v) is 4.78. The van der Waals surface area contributed by atoms with Crippen LogP contribution in [0.4, 0.5) is 4.79 Å². The molecule has 3 rings (SSSR count). The molecule has 3 aromatic rings. The number of benzene rings is 2. The molecule has 2 aromatic carbocycles. The van der Waals surface area contributed by atoms with Gasteiger partial charge in [0.15, 0.2) is 0 Å². The fourth-order valence-electron chi connectivity index (χ4n) is 3.19. The van der Waals surface area contributed by atoms with Crippen LogP contribution in [0.15, 0.2) is 48.5 Å². The van der Waals surface area contributed by atoms with E-state index in [-0.39, 0.29) is 13.0 Å². The lowest BCUT2D eigenvalue weighted by Gasteiger charge is -2.24. The molecule has 0 aliphatic carbocycles. The van der Waals surface area contributed by atoms with Crippen molar-refractivity contribution in [3.63, 3.8) is 0 Å². The molecule has 0 aliphatic rings. The number of rotatable bonds is 8. The molecule has 0 aliphatic heterocycles. The van der Waals surface area contributed by atoms with E-state index in [4.69, 9.17) is 25.8 Å². The molecule has 0 bridgehead atoms. The standard InChI is InChI=1S/C26H32ClN5O5/c1-25(2,3)36-22(33)15-19(28-24(34)37-26(4,5)6)16-32-30-23(29-31-32)17-8-7-9-21(14-17)35-20-12-10-18(27)11-13-20/h7-14,19H,15-16H2,1-6H3,(H,28,34)/t19-/m1/s1. The summed E-state index contributed by atoms with van der Waals surface area (Å²) in [5.74, 6) is 1.11. The number of amides is 1. The molecule has 198 valence electrons. The zero-order chi connectivity index (χ0) is 27.2. The Hall–Kier alpha value is -3.66. The van der Waals surface area contributed by atoms with Crippen LogP contribution in [-0.4, -0.2) is 49.5 Å². The van der Waals surface area contributed by atoms with Crippen molar-refractivity contribution in [1.82, 2.24) is 25.5 Å². The minimum atomic E-state index is -0.696. The van der Waals surface area contributed by atoms with Gasteiger partial charge < -0.3 is 19.5 Å². The first-order valence-corrected chi connectivity index (χ1v) is 12.2. The molecule has 1 heterocycles. The Morgan fingerprint density at radius 2 is 1.65 bits per heavy atom. The van der Waals surface area contributed by atoms with Crippen LogP contribution in [0.5, 0.6) is 11.5 Å². The molecule has 1 atom stereocenters. The van der Waals surface area contributed by atoms with Gasteiger partial charge in [0, 0.05) is 10.6 Å². The average molecular weight is 530 g/mol. The number of tetrazole rings is 1. The van der Waals surface area contributed by atoms with Crippen LogP contribution < -0.4 is 10.1 Å². The molecule has 10 nitrogen and oxygen atoms in total. The van der Waals surface area contributed by atoms with Crippen molar-refractivity contribution >= 4 is 23.7 Å². The number of hydrogen-bond donors (Lipinski definition) is 1. The largest absolute Gasteiger partial charge is 0.460 e. The molecule has 0 radical (unpaired) electrons. The third kappa shape index (κ3) is 9.72. The molecule has 1 N–H and O–H groups in total. The summed E-state index contributed by atoms with van der Waals surface area (Å²) in [6.07, 6.45) is -0.758. The molecule has 0 saturated heterocycles. The highest BCUT2D eigenvalue weighted by Crippen LogP contribution is 2.26. The van der Waals surface area contributed by atoms with E-state index in [1.807, 2.05) is 18.2 Å². The molecule has 37 heavy (non-hydrogen) atoms. The number of hydrogen-bond acceptors (Lipinski definition) is 8. The van der Waals surface area contributed by atoms with Crippen LogP contribution in [-0.2, 0) is 20.8 Å². The van der Waals surface area contributed by atoms with E-state index >= 15 is 0 Å². The summed E-state index contributed by atoms with van der Waals surface area (Å²) in [6, 6.07) is 13.6. The van der Waals surface area contributed by atoms with Gasteiger partial charge in [-0.1, -0.05) is 23.7 Å². The van der Waals surface area contributed by atoms with Crippen LogP contribution >= 0.6 is 11.6 Å². The Labute approximate surface area is 221 Å². The zero-order valence-corrected chi connectivity index (χ0v) is 22.6. The normalized spacial score (nSPS) is 12.5. The van der Waals surface area contributed by atoms with Gasteiger partial charge >= 0.3 is 12.1 Å². The number of ether oxygens (including phenoxy) is 3. The monoisotopic (exact) mass is 529 g/mol. The maximum atomic E-state index is 12.5. The van der Waals surface area contributed by atoms with E-state index < -0.39 is 29.3 Å². The molecule has 0 unspecified atom stereocenters. The van der Waals surface area contributed by atoms with Crippen molar-refractivity contribution in [2.24, 2.45) is 0 Å². The van der Waals surface area contributed by atoms with E-state index in [0.29, 0.717) is 27.9 Å². The Kier molecular flexibility index (Phi) is 8.75. The Balaban J connectivity index is 1.73. The maximum absolute atomic E-state index is 12.5. The second kappa shape index (κ2) is 11.6. The van der Waals surface area contributed by atoms with E-state index in [9.17, 15) is 9.59 Å². The first kappa shape index (κ1) is 27.9. The molecule has 0 spiro atoms. The maximum Gasteiger partial charge on any atom is 0.407 e. The SMILES string of the molecule is CC(C)(C)OC(=O)C[C@H](Cn1nnc(-c2cccc(Oc3ccc(Cl)cc3)c2)n1)NC(=O)OC(C)(C)C. The van der Waals surface area contributed by atoms with Gasteiger partial charge in [0.2, 0.25) is 5.82 Å². The Morgan fingerprint density at radius 3 is 2.30 bits per heavy atom. The van der Waals surface area contributed by atoms with Gasteiger partial charge in [0.05, 0.1) is 19.0 Å². The van der Waals surface area contributed by atoms with Gasteiger partial charge in [-0.2, -0.15) is 4.80 Å².